The van der Waals surface area contributed by atoms with Crippen LogP contribution < -0.4 is 5.32 Å². The number of benzene rings is 1. The number of piperidine rings is 1. The lowest BCUT2D eigenvalue weighted by Crippen LogP contribution is -2.65. The fourth-order valence-corrected chi connectivity index (χ4v) is 7.82. The van der Waals surface area contributed by atoms with Gasteiger partial charge in [-0.2, -0.15) is 0 Å². The van der Waals surface area contributed by atoms with E-state index in [0.717, 1.165) is 19.5 Å². The second-order valence-electron chi connectivity index (χ2n) is 9.02. The van der Waals surface area contributed by atoms with Crippen LogP contribution in [0.2, 0.25) is 0 Å². The van der Waals surface area contributed by atoms with Gasteiger partial charge in [0.1, 0.15) is 0 Å². The van der Waals surface area contributed by atoms with Crippen molar-refractivity contribution in [2.75, 3.05) is 25.5 Å². The molecule has 2 bridgehead atoms. The summed E-state index contributed by atoms with van der Waals surface area (Å²) in [6, 6.07) is 9.32. The quantitative estimate of drug-likeness (QED) is 0.624. The monoisotopic (exact) mass is 350 g/mol. The third-order valence-corrected chi connectivity index (χ3v) is 8.62. The molecule has 3 aliphatic heterocycles. The van der Waals surface area contributed by atoms with Crippen molar-refractivity contribution in [2.45, 2.75) is 37.3 Å². The molecule has 1 aromatic rings. The summed E-state index contributed by atoms with van der Waals surface area (Å²) >= 11 is 0. The molecule has 0 radical (unpaired) electrons. The number of fused-ring (bicyclic) bond motifs is 2. The summed E-state index contributed by atoms with van der Waals surface area (Å²) in [5.41, 5.74) is 2.60. The minimum Gasteiger partial charge on any atom is -0.469 e. The molecule has 4 nitrogen and oxygen atoms in total. The van der Waals surface area contributed by atoms with E-state index in [4.69, 9.17) is 4.74 Å². The van der Waals surface area contributed by atoms with Crippen LogP contribution in [0.5, 0.6) is 0 Å². The molecular weight excluding hydrogens is 324 g/mol. The van der Waals surface area contributed by atoms with E-state index in [1.807, 2.05) is 0 Å². The number of hydrogen-bond donors (Lipinski definition) is 1. The van der Waals surface area contributed by atoms with Crippen molar-refractivity contribution in [2.24, 2.45) is 23.2 Å². The minimum absolute atomic E-state index is 0.0334. The standard InChI is InChI=1S/C22H26N2O2/c1-13-21-9-5-10-24-11-8-15-14-6-3-4-7-17(14)23-22(13,18(15)19(21)24)16(12-21)20(25)26-2/h3-7,9,13,15-16,18-19,23H,8,10-12H2,1-2H3/t13?,15?,16?,18-,19?,21?,22?/m0/s1. The molecule has 2 spiro atoms. The van der Waals surface area contributed by atoms with E-state index in [9.17, 15) is 4.79 Å². The summed E-state index contributed by atoms with van der Waals surface area (Å²) in [7, 11) is 1.54. The molecule has 1 aromatic carbocycles. The lowest BCUT2D eigenvalue weighted by Gasteiger charge is -2.58. The number of para-hydroxylation sites is 1. The molecule has 3 fully saturated rings. The van der Waals surface area contributed by atoms with Crippen molar-refractivity contribution in [1.82, 2.24) is 4.90 Å². The highest BCUT2D eigenvalue weighted by molar-refractivity contribution is 5.79. The fourth-order valence-electron chi connectivity index (χ4n) is 7.82. The van der Waals surface area contributed by atoms with Gasteiger partial charge in [-0.15, -0.1) is 0 Å². The minimum atomic E-state index is -0.190. The van der Waals surface area contributed by atoms with Crippen LogP contribution in [0.3, 0.4) is 0 Å². The number of carbonyl (C=O) groups excluding carboxylic acids is 1. The molecular formula is C22H26N2O2. The first-order chi connectivity index (χ1) is 12.6. The molecule has 5 aliphatic rings. The van der Waals surface area contributed by atoms with Crippen LogP contribution in [0.1, 0.15) is 31.2 Å². The summed E-state index contributed by atoms with van der Waals surface area (Å²) in [4.78, 5) is 15.6. The first kappa shape index (κ1) is 15.3. The highest BCUT2D eigenvalue weighted by atomic mass is 16.5. The van der Waals surface area contributed by atoms with E-state index >= 15 is 0 Å². The number of carbonyl (C=O) groups is 1. The number of esters is 1. The zero-order chi connectivity index (χ0) is 17.7. The van der Waals surface area contributed by atoms with Crippen LogP contribution in [-0.2, 0) is 9.53 Å². The summed E-state index contributed by atoms with van der Waals surface area (Å²) in [5, 5.41) is 3.95. The molecule has 2 saturated carbocycles. The second kappa shape index (κ2) is 4.72. The highest BCUT2D eigenvalue weighted by Crippen LogP contribution is 2.74. The number of nitrogens with one attached hydrogen (secondary N) is 1. The van der Waals surface area contributed by atoms with E-state index in [1.165, 1.54) is 17.7 Å². The second-order valence-corrected chi connectivity index (χ2v) is 9.02. The molecule has 1 N–H and O–H groups in total. The Bertz CT molecular complexity index is 835. The summed E-state index contributed by atoms with van der Waals surface area (Å²) in [6.45, 7) is 4.61. The van der Waals surface area contributed by atoms with Gasteiger partial charge in [0.2, 0.25) is 0 Å². The zero-order valence-electron chi connectivity index (χ0n) is 15.4. The van der Waals surface area contributed by atoms with Gasteiger partial charge in [-0.25, -0.2) is 0 Å². The van der Waals surface area contributed by atoms with Crippen molar-refractivity contribution in [3.05, 3.63) is 42.0 Å². The molecule has 4 heteroatoms. The van der Waals surface area contributed by atoms with Gasteiger partial charge in [-0.1, -0.05) is 37.3 Å². The average Bonchev–Trinajstić information content (AvgIpc) is 3.04. The van der Waals surface area contributed by atoms with Crippen LogP contribution in [0, 0.1) is 23.2 Å². The molecule has 136 valence electrons. The molecule has 0 aromatic heterocycles. The first-order valence-corrected chi connectivity index (χ1v) is 10.00. The van der Waals surface area contributed by atoms with Gasteiger partial charge >= 0.3 is 5.97 Å². The van der Waals surface area contributed by atoms with Gasteiger partial charge in [0.15, 0.2) is 0 Å². The van der Waals surface area contributed by atoms with Crippen LogP contribution in [0.4, 0.5) is 5.69 Å². The van der Waals surface area contributed by atoms with Gasteiger partial charge < -0.3 is 10.1 Å². The van der Waals surface area contributed by atoms with E-state index in [-0.39, 0.29) is 22.8 Å². The Labute approximate surface area is 154 Å². The Morgan fingerprint density at radius 2 is 2.19 bits per heavy atom. The van der Waals surface area contributed by atoms with Gasteiger partial charge in [0.25, 0.3) is 0 Å². The predicted molar refractivity (Wildman–Crippen MR) is 99.9 cm³/mol. The number of hydrogen-bond acceptors (Lipinski definition) is 4. The topological polar surface area (TPSA) is 41.6 Å². The molecule has 7 atom stereocenters. The van der Waals surface area contributed by atoms with Crippen LogP contribution in [0.15, 0.2) is 36.4 Å². The lowest BCUT2D eigenvalue weighted by atomic mass is 9.57. The Morgan fingerprint density at radius 3 is 3.04 bits per heavy atom. The van der Waals surface area contributed by atoms with Gasteiger partial charge in [0.05, 0.1) is 18.6 Å². The van der Waals surface area contributed by atoms with E-state index in [2.05, 4.69) is 53.6 Å². The molecule has 6 rings (SSSR count). The van der Waals surface area contributed by atoms with E-state index < -0.39 is 0 Å². The SMILES string of the molecule is COC(=O)C1CC23C=CCN4CCC5c6ccccc6NC1(C2C)[C@@H]5C43. The lowest BCUT2D eigenvalue weighted by molar-refractivity contribution is -0.150. The number of methoxy groups -OCH3 is 1. The highest BCUT2D eigenvalue weighted by Gasteiger charge is 2.79. The Morgan fingerprint density at radius 1 is 1.35 bits per heavy atom. The molecule has 0 amide bonds. The molecule has 3 heterocycles. The summed E-state index contributed by atoms with van der Waals surface area (Å²) in [6.07, 6.45) is 6.92. The maximum Gasteiger partial charge on any atom is 0.311 e. The van der Waals surface area contributed by atoms with Crippen molar-refractivity contribution >= 4 is 11.7 Å². The normalized spacial score (nSPS) is 47.1. The Hall–Kier alpha value is -1.81. The summed E-state index contributed by atoms with van der Waals surface area (Å²) < 4.78 is 5.31. The maximum absolute atomic E-state index is 12.9. The Balaban J connectivity index is 1.63. The predicted octanol–water partition coefficient (Wildman–Crippen LogP) is 3.02. The van der Waals surface area contributed by atoms with Gasteiger partial charge in [-0.05, 0) is 42.9 Å². The van der Waals surface area contributed by atoms with Crippen LogP contribution in [-0.4, -0.2) is 42.6 Å². The van der Waals surface area contributed by atoms with Crippen molar-refractivity contribution in [3.63, 3.8) is 0 Å². The van der Waals surface area contributed by atoms with Gasteiger partial charge in [-0.3, -0.25) is 9.69 Å². The van der Waals surface area contributed by atoms with Crippen molar-refractivity contribution in [1.29, 1.82) is 0 Å². The van der Waals surface area contributed by atoms with Gasteiger partial charge in [0, 0.05) is 29.6 Å². The first-order valence-electron chi connectivity index (χ1n) is 10.00. The van der Waals surface area contributed by atoms with Crippen molar-refractivity contribution < 1.29 is 9.53 Å². The number of rotatable bonds is 1. The number of nitrogens with zero attached hydrogens (tertiary/aromatic N) is 1. The molecule has 1 saturated heterocycles. The van der Waals surface area contributed by atoms with Crippen LogP contribution >= 0.6 is 0 Å². The zero-order valence-corrected chi connectivity index (χ0v) is 15.4. The fraction of sp³-hybridized carbons (Fsp3) is 0.591. The van der Waals surface area contributed by atoms with E-state index in [1.54, 1.807) is 7.11 Å². The third-order valence-electron chi connectivity index (χ3n) is 8.62. The maximum atomic E-state index is 12.9. The summed E-state index contributed by atoms with van der Waals surface area (Å²) in [5.74, 6) is 1.33. The molecule has 6 unspecified atom stereocenters. The Kier molecular flexibility index (Phi) is 2.77. The van der Waals surface area contributed by atoms with Crippen molar-refractivity contribution in [3.8, 4) is 0 Å². The van der Waals surface area contributed by atoms with Crippen LogP contribution in [0.25, 0.3) is 0 Å². The number of anilines is 1. The largest absolute Gasteiger partial charge is 0.469 e. The molecule has 2 aliphatic carbocycles. The third kappa shape index (κ3) is 1.44. The number of ether oxygens (including phenoxy) is 1. The van der Waals surface area contributed by atoms with E-state index in [0.29, 0.717) is 23.8 Å². The smallest absolute Gasteiger partial charge is 0.311 e. The average molecular weight is 350 g/mol. The molecule has 26 heavy (non-hydrogen) atoms.